The highest BCUT2D eigenvalue weighted by Gasteiger charge is 2.31. The van der Waals surface area contributed by atoms with Gasteiger partial charge in [-0.25, -0.2) is 0 Å². The number of piperidine rings is 1. The average Bonchev–Trinajstić information content (AvgIpc) is 2.82. The summed E-state index contributed by atoms with van der Waals surface area (Å²) in [5, 5.41) is 0. The third-order valence-electron chi connectivity index (χ3n) is 4.66. The largest absolute Gasteiger partial charge is 0.340 e. The van der Waals surface area contributed by atoms with Crippen LogP contribution in [0.15, 0.2) is 0 Å². The monoisotopic (exact) mass is 252 g/mol. The number of carbonyl (C=O) groups excluding carboxylic acids is 1. The van der Waals surface area contributed by atoms with Crippen LogP contribution in [0, 0.1) is 0 Å². The minimum Gasteiger partial charge on any atom is -0.340 e. The van der Waals surface area contributed by atoms with Crippen molar-refractivity contribution in [2.24, 2.45) is 0 Å². The molecule has 0 aromatic heterocycles. The molecular weight excluding hydrogens is 224 g/mol. The average molecular weight is 252 g/mol. The van der Waals surface area contributed by atoms with Crippen LogP contribution in [0.1, 0.15) is 58.8 Å². The zero-order valence-electron chi connectivity index (χ0n) is 12.0. The molecule has 1 atom stereocenters. The van der Waals surface area contributed by atoms with Crippen LogP contribution in [0.4, 0.5) is 0 Å². The third kappa shape index (κ3) is 3.05. The number of amides is 1. The number of hydrogen-bond donors (Lipinski definition) is 0. The number of likely N-dealkylation sites (tertiary alicyclic amines) is 2. The first-order valence-electron chi connectivity index (χ1n) is 7.79. The van der Waals surface area contributed by atoms with Crippen molar-refractivity contribution in [3.8, 4) is 0 Å². The van der Waals surface area contributed by atoms with Gasteiger partial charge in [0.1, 0.15) is 0 Å². The van der Waals surface area contributed by atoms with E-state index < -0.39 is 0 Å². The van der Waals surface area contributed by atoms with Crippen LogP contribution in [0.25, 0.3) is 0 Å². The van der Waals surface area contributed by atoms with Gasteiger partial charge in [-0.1, -0.05) is 20.3 Å². The van der Waals surface area contributed by atoms with Crippen LogP contribution in [0.2, 0.25) is 0 Å². The number of nitrogens with zero attached hydrogens (tertiary/aromatic N) is 2. The lowest BCUT2D eigenvalue weighted by Gasteiger charge is -2.40. The molecule has 0 aliphatic carbocycles. The maximum Gasteiger partial charge on any atom is 0.222 e. The molecule has 104 valence electrons. The molecule has 2 rings (SSSR count). The Morgan fingerprint density at radius 2 is 1.94 bits per heavy atom. The second-order valence-corrected chi connectivity index (χ2v) is 5.81. The second-order valence-electron chi connectivity index (χ2n) is 5.81. The Morgan fingerprint density at radius 3 is 2.44 bits per heavy atom. The lowest BCUT2D eigenvalue weighted by molar-refractivity contribution is -0.130. The summed E-state index contributed by atoms with van der Waals surface area (Å²) >= 11 is 0. The maximum atomic E-state index is 11.8. The Labute approximate surface area is 112 Å². The van der Waals surface area contributed by atoms with Gasteiger partial charge < -0.3 is 9.80 Å². The van der Waals surface area contributed by atoms with E-state index in [1.54, 1.807) is 0 Å². The smallest absolute Gasteiger partial charge is 0.222 e. The van der Waals surface area contributed by atoms with E-state index in [0.717, 1.165) is 25.4 Å². The quantitative estimate of drug-likeness (QED) is 0.751. The third-order valence-corrected chi connectivity index (χ3v) is 4.66. The van der Waals surface area contributed by atoms with E-state index in [1.807, 2.05) is 0 Å². The van der Waals surface area contributed by atoms with Gasteiger partial charge >= 0.3 is 0 Å². The molecule has 0 aromatic carbocycles. The zero-order chi connectivity index (χ0) is 13.0. The van der Waals surface area contributed by atoms with Crippen molar-refractivity contribution in [3.05, 3.63) is 0 Å². The topological polar surface area (TPSA) is 23.6 Å². The number of rotatable bonds is 5. The fraction of sp³-hybridized carbons (Fsp3) is 0.933. The Hall–Kier alpha value is -0.570. The Bertz CT molecular complexity index is 272. The summed E-state index contributed by atoms with van der Waals surface area (Å²) in [6, 6.07) is 1.31. The highest BCUT2D eigenvalue weighted by molar-refractivity contribution is 5.78. The standard InChI is InChI=1S/C15H28N2O/c1-3-6-13(4-2)16-11-8-14(9-12-16)17-10-5-7-15(17)18/h13-14H,3-12H2,1-2H3. The first-order chi connectivity index (χ1) is 8.76. The summed E-state index contributed by atoms with van der Waals surface area (Å²) < 4.78 is 0. The van der Waals surface area contributed by atoms with Gasteiger partial charge in [0.15, 0.2) is 0 Å². The van der Waals surface area contributed by atoms with Gasteiger partial charge in [-0.3, -0.25) is 4.79 Å². The molecule has 2 aliphatic rings. The van der Waals surface area contributed by atoms with Crippen LogP contribution >= 0.6 is 0 Å². The normalized spacial score (nSPS) is 24.8. The minimum atomic E-state index is 0.397. The molecule has 3 heteroatoms. The van der Waals surface area contributed by atoms with Gasteiger partial charge in [-0.2, -0.15) is 0 Å². The molecule has 2 saturated heterocycles. The van der Waals surface area contributed by atoms with Crippen LogP contribution in [0.3, 0.4) is 0 Å². The van der Waals surface area contributed by atoms with E-state index >= 15 is 0 Å². The van der Waals surface area contributed by atoms with Crippen LogP contribution < -0.4 is 0 Å². The fourth-order valence-electron chi connectivity index (χ4n) is 3.60. The predicted octanol–water partition coefficient (Wildman–Crippen LogP) is 2.65. The molecule has 2 fully saturated rings. The molecule has 3 nitrogen and oxygen atoms in total. The predicted molar refractivity (Wildman–Crippen MR) is 74.5 cm³/mol. The molecule has 0 bridgehead atoms. The molecule has 0 saturated carbocycles. The van der Waals surface area contributed by atoms with Gasteiger partial charge in [0.25, 0.3) is 0 Å². The van der Waals surface area contributed by atoms with Gasteiger partial charge in [0.05, 0.1) is 0 Å². The van der Waals surface area contributed by atoms with Crippen LogP contribution in [0.5, 0.6) is 0 Å². The van der Waals surface area contributed by atoms with E-state index in [1.165, 1.54) is 45.2 Å². The summed E-state index contributed by atoms with van der Waals surface area (Å²) in [7, 11) is 0. The van der Waals surface area contributed by atoms with Crippen molar-refractivity contribution in [1.29, 1.82) is 0 Å². The van der Waals surface area contributed by atoms with Crippen molar-refractivity contribution in [2.75, 3.05) is 19.6 Å². The molecule has 18 heavy (non-hydrogen) atoms. The lowest BCUT2D eigenvalue weighted by Crippen LogP contribution is -2.48. The van der Waals surface area contributed by atoms with Gasteiger partial charge in [0.2, 0.25) is 5.91 Å². The van der Waals surface area contributed by atoms with Crippen molar-refractivity contribution >= 4 is 5.91 Å². The molecule has 0 radical (unpaired) electrons. The first-order valence-corrected chi connectivity index (χ1v) is 7.79. The molecule has 1 amide bonds. The molecular formula is C15H28N2O. The maximum absolute atomic E-state index is 11.8. The van der Waals surface area contributed by atoms with E-state index in [2.05, 4.69) is 23.6 Å². The Morgan fingerprint density at radius 1 is 1.22 bits per heavy atom. The van der Waals surface area contributed by atoms with E-state index in [-0.39, 0.29) is 0 Å². The van der Waals surface area contributed by atoms with Crippen molar-refractivity contribution in [3.63, 3.8) is 0 Å². The SMILES string of the molecule is CCCC(CC)N1CCC(N2CCCC2=O)CC1. The van der Waals surface area contributed by atoms with E-state index in [0.29, 0.717) is 11.9 Å². The molecule has 2 aliphatic heterocycles. The van der Waals surface area contributed by atoms with Gasteiger partial charge in [-0.15, -0.1) is 0 Å². The summed E-state index contributed by atoms with van der Waals surface area (Å²) in [6.07, 6.45) is 8.10. The summed E-state index contributed by atoms with van der Waals surface area (Å²) in [5.74, 6) is 0.397. The van der Waals surface area contributed by atoms with Crippen molar-refractivity contribution < 1.29 is 4.79 Å². The summed E-state index contributed by atoms with van der Waals surface area (Å²) in [5.41, 5.74) is 0. The Kier molecular flexibility index (Phi) is 5.04. The fourth-order valence-corrected chi connectivity index (χ4v) is 3.60. The highest BCUT2D eigenvalue weighted by atomic mass is 16.2. The molecule has 0 aromatic rings. The molecule has 1 unspecified atom stereocenters. The van der Waals surface area contributed by atoms with Gasteiger partial charge in [-0.05, 0) is 32.1 Å². The highest BCUT2D eigenvalue weighted by Crippen LogP contribution is 2.24. The van der Waals surface area contributed by atoms with Crippen molar-refractivity contribution in [2.45, 2.75) is 70.9 Å². The molecule has 2 heterocycles. The molecule has 0 N–H and O–H groups in total. The van der Waals surface area contributed by atoms with E-state index in [9.17, 15) is 4.79 Å². The first kappa shape index (κ1) is 13.9. The lowest BCUT2D eigenvalue weighted by atomic mass is 9.99. The van der Waals surface area contributed by atoms with Gasteiger partial charge in [0, 0.05) is 38.1 Å². The number of carbonyl (C=O) groups is 1. The van der Waals surface area contributed by atoms with Crippen molar-refractivity contribution in [1.82, 2.24) is 9.80 Å². The summed E-state index contributed by atoms with van der Waals surface area (Å²) in [6.45, 7) is 7.96. The van der Waals surface area contributed by atoms with Crippen LogP contribution in [-0.4, -0.2) is 47.4 Å². The number of hydrogen-bond acceptors (Lipinski definition) is 2. The van der Waals surface area contributed by atoms with E-state index in [4.69, 9.17) is 0 Å². The second kappa shape index (κ2) is 6.55. The van der Waals surface area contributed by atoms with Crippen LogP contribution in [-0.2, 0) is 4.79 Å². The summed E-state index contributed by atoms with van der Waals surface area (Å²) in [4.78, 5) is 16.6. The Balaban J connectivity index is 1.81. The molecule has 0 spiro atoms. The zero-order valence-corrected chi connectivity index (χ0v) is 12.0. The minimum absolute atomic E-state index is 0.397.